The maximum Gasteiger partial charge on any atom is 0.0223 e. The van der Waals surface area contributed by atoms with Crippen molar-refractivity contribution in [1.29, 1.82) is 0 Å². The highest BCUT2D eigenvalue weighted by Crippen LogP contribution is 2.20. The van der Waals surface area contributed by atoms with Crippen molar-refractivity contribution in [2.45, 2.75) is 25.3 Å². The molecule has 92 valence electrons. The molecule has 1 atom stereocenters. The zero-order valence-electron chi connectivity index (χ0n) is 10.3. The molecule has 2 rings (SSSR count). The van der Waals surface area contributed by atoms with E-state index in [-0.39, 0.29) is 0 Å². The molecule has 0 aliphatic carbocycles. The molecule has 2 saturated heterocycles. The van der Waals surface area contributed by atoms with Gasteiger partial charge in [-0.2, -0.15) is 0 Å². The number of hydrogen-bond acceptors (Lipinski definition) is 3. The average Bonchev–Trinajstić information content (AvgIpc) is 2.34. The molecule has 0 amide bonds. The van der Waals surface area contributed by atoms with Crippen LogP contribution in [0.4, 0.5) is 0 Å². The van der Waals surface area contributed by atoms with Crippen LogP contribution in [0.3, 0.4) is 0 Å². The third-order valence-electron chi connectivity index (χ3n) is 3.81. The SMILES string of the molecule is C=CCNCCN1CCN2CCCCC2C1. The number of fused-ring (bicyclic) bond motifs is 1. The van der Waals surface area contributed by atoms with Crippen molar-refractivity contribution in [1.82, 2.24) is 15.1 Å². The quantitative estimate of drug-likeness (QED) is 0.552. The molecule has 0 bridgehead atoms. The van der Waals surface area contributed by atoms with Gasteiger partial charge in [-0.15, -0.1) is 6.58 Å². The fraction of sp³-hybridized carbons (Fsp3) is 0.846. The van der Waals surface area contributed by atoms with E-state index in [1.165, 1.54) is 52.0 Å². The van der Waals surface area contributed by atoms with Gasteiger partial charge in [0.15, 0.2) is 0 Å². The molecule has 2 fully saturated rings. The van der Waals surface area contributed by atoms with E-state index in [9.17, 15) is 0 Å². The molecule has 2 aliphatic heterocycles. The van der Waals surface area contributed by atoms with Crippen LogP contribution in [0.1, 0.15) is 19.3 Å². The smallest absolute Gasteiger partial charge is 0.0223 e. The van der Waals surface area contributed by atoms with Crippen molar-refractivity contribution in [2.24, 2.45) is 0 Å². The van der Waals surface area contributed by atoms with E-state index in [1.807, 2.05) is 6.08 Å². The first-order valence-corrected chi connectivity index (χ1v) is 6.68. The molecule has 0 radical (unpaired) electrons. The molecule has 3 heteroatoms. The monoisotopic (exact) mass is 223 g/mol. The van der Waals surface area contributed by atoms with Crippen molar-refractivity contribution >= 4 is 0 Å². The maximum absolute atomic E-state index is 3.72. The van der Waals surface area contributed by atoms with Gasteiger partial charge in [-0.05, 0) is 19.4 Å². The summed E-state index contributed by atoms with van der Waals surface area (Å²) in [6.07, 6.45) is 6.19. The van der Waals surface area contributed by atoms with E-state index in [1.54, 1.807) is 0 Å². The number of rotatable bonds is 5. The number of nitrogens with zero attached hydrogens (tertiary/aromatic N) is 2. The van der Waals surface area contributed by atoms with Gasteiger partial charge in [-0.25, -0.2) is 0 Å². The number of piperidine rings is 1. The van der Waals surface area contributed by atoms with Gasteiger partial charge in [0.2, 0.25) is 0 Å². The van der Waals surface area contributed by atoms with Gasteiger partial charge in [0.25, 0.3) is 0 Å². The Kier molecular flexibility index (Phi) is 4.82. The molecule has 0 spiro atoms. The van der Waals surface area contributed by atoms with Crippen molar-refractivity contribution in [3.8, 4) is 0 Å². The van der Waals surface area contributed by atoms with E-state index in [0.717, 1.165) is 19.1 Å². The van der Waals surface area contributed by atoms with Gasteiger partial charge in [0, 0.05) is 45.3 Å². The summed E-state index contributed by atoms with van der Waals surface area (Å²) in [6.45, 7) is 12.1. The van der Waals surface area contributed by atoms with Gasteiger partial charge in [0.05, 0.1) is 0 Å². The van der Waals surface area contributed by atoms with Crippen molar-refractivity contribution in [3.05, 3.63) is 12.7 Å². The standard InChI is InChI=1S/C13H25N3/c1-2-6-14-7-9-15-10-11-16-8-4-3-5-13(16)12-15/h2,13-14H,1,3-12H2. The Morgan fingerprint density at radius 3 is 3.06 bits per heavy atom. The molecule has 3 nitrogen and oxygen atoms in total. The Balaban J connectivity index is 1.66. The summed E-state index contributed by atoms with van der Waals surface area (Å²) in [4.78, 5) is 5.31. The van der Waals surface area contributed by atoms with Crippen LogP contribution in [0.25, 0.3) is 0 Å². The van der Waals surface area contributed by atoms with E-state index in [0.29, 0.717) is 0 Å². The van der Waals surface area contributed by atoms with Crippen LogP contribution in [-0.4, -0.2) is 61.7 Å². The lowest BCUT2D eigenvalue weighted by Gasteiger charge is -2.44. The normalized spacial score (nSPS) is 27.6. The first-order valence-electron chi connectivity index (χ1n) is 6.68. The maximum atomic E-state index is 3.72. The van der Waals surface area contributed by atoms with Crippen LogP contribution in [0.2, 0.25) is 0 Å². The molecule has 1 N–H and O–H groups in total. The van der Waals surface area contributed by atoms with E-state index in [2.05, 4.69) is 21.7 Å². The van der Waals surface area contributed by atoms with Crippen molar-refractivity contribution < 1.29 is 0 Å². The fourth-order valence-corrected chi connectivity index (χ4v) is 2.86. The Bertz CT molecular complexity index is 217. The highest BCUT2D eigenvalue weighted by molar-refractivity contribution is 4.85. The van der Waals surface area contributed by atoms with Crippen LogP contribution in [0.5, 0.6) is 0 Å². The molecule has 2 aliphatic rings. The van der Waals surface area contributed by atoms with Crippen LogP contribution < -0.4 is 5.32 Å². The van der Waals surface area contributed by atoms with Crippen molar-refractivity contribution in [3.63, 3.8) is 0 Å². The van der Waals surface area contributed by atoms with Gasteiger partial charge < -0.3 is 5.32 Å². The zero-order valence-corrected chi connectivity index (χ0v) is 10.3. The Labute approximate surface area is 99.5 Å². The highest BCUT2D eigenvalue weighted by atomic mass is 15.3. The average molecular weight is 223 g/mol. The molecule has 1 unspecified atom stereocenters. The number of piperazine rings is 1. The third-order valence-corrected chi connectivity index (χ3v) is 3.81. The predicted molar refractivity (Wildman–Crippen MR) is 68.7 cm³/mol. The Morgan fingerprint density at radius 1 is 1.25 bits per heavy atom. The summed E-state index contributed by atoms with van der Waals surface area (Å²) in [6, 6.07) is 0.849. The number of nitrogens with one attached hydrogen (secondary N) is 1. The molecule has 16 heavy (non-hydrogen) atoms. The van der Waals surface area contributed by atoms with Crippen LogP contribution >= 0.6 is 0 Å². The predicted octanol–water partition coefficient (Wildman–Crippen LogP) is 0.932. The summed E-state index contributed by atoms with van der Waals surface area (Å²) >= 11 is 0. The van der Waals surface area contributed by atoms with E-state index in [4.69, 9.17) is 0 Å². The second-order valence-corrected chi connectivity index (χ2v) is 4.98. The van der Waals surface area contributed by atoms with E-state index >= 15 is 0 Å². The van der Waals surface area contributed by atoms with Gasteiger partial charge >= 0.3 is 0 Å². The molecular weight excluding hydrogens is 198 g/mol. The molecule has 0 aromatic heterocycles. The Hall–Kier alpha value is -0.380. The zero-order chi connectivity index (χ0) is 11.2. The Morgan fingerprint density at radius 2 is 2.19 bits per heavy atom. The van der Waals surface area contributed by atoms with Crippen molar-refractivity contribution in [2.75, 3.05) is 45.8 Å². The minimum atomic E-state index is 0.849. The van der Waals surface area contributed by atoms with Crippen LogP contribution in [-0.2, 0) is 0 Å². The highest BCUT2D eigenvalue weighted by Gasteiger charge is 2.28. The summed E-state index contributed by atoms with van der Waals surface area (Å²) in [7, 11) is 0. The largest absolute Gasteiger partial charge is 0.312 e. The molecule has 2 heterocycles. The lowest BCUT2D eigenvalue weighted by molar-refractivity contribution is 0.0501. The summed E-state index contributed by atoms with van der Waals surface area (Å²) in [5.41, 5.74) is 0. The third kappa shape index (κ3) is 3.30. The van der Waals surface area contributed by atoms with Gasteiger partial charge in [0.1, 0.15) is 0 Å². The first kappa shape index (κ1) is 12.1. The lowest BCUT2D eigenvalue weighted by Crippen LogP contribution is -2.55. The topological polar surface area (TPSA) is 18.5 Å². The molecule has 0 saturated carbocycles. The molecule has 0 aromatic rings. The second kappa shape index (κ2) is 6.38. The lowest BCUT2D eigenvalue weighted by atomic mass is 9.99. The van der Waals surface area contributed by atoms with E-state index < -0.39 is 0 Å². The first-order chi connectivity index (χ1) is 7.90. The summed E-state index contributed by atoms with van der Waals surface area (Å²) in [5.74, 6) is 0. The molecular formula is C13H25N3. The molecule has 0 aromatic carbocycles. The summed E-state index contributed by atoms with van der Waals surface area (Å²) in [5, 5.41) is 3.38. The number of hydrogen-bond donors (Lipinski definition) is 1. The van der Waals surface area contributed by atoms with Gasteiger partial charge in [-0.3, -0.25) is 9.80 Å². The van der Waals surface area contributed by atoms with Gasteiger partial charge in [-0.1, -0.05) is 12.5 Å². The fourth-order valence-electron chi connectivity index (χ4n) is 2.86. The second-order valence-electron chi connectivity index (χ2n) is 4.98. The van der Waals surface area contributed by atoms with Crippen LogP contribution in [0.15, 0.2) is 12.7 Å². The minimum Gasteiger partial charge on any atom is -0.312 e. The summed E-state index contributed by atoms with van der Waals surface area (Å²) < 4.78 is 0. The minimum absolute atomic E-state index is 0.849. The van der Waals surface area contributed by atoms with Crippen LogP contribution in [0, 0.1) is 0 Å².